The lowest BCUT2D eigenvalue weighted by atomic mass is 10.0. The van der Waals surface area contributed by atoms with Gasteiger partial charge in [0.25, 0.3) is 0 Å². The summed E-state index contributed by atoms with van der Waals surface area (Å²) >= 11 is 3.43. The minimum Gasteiger partial charge on any atom is -0.443 e. The van der Waals surface area contributed by atoms with Crippen LogP contribution in [0.3, 0.4) is 0 Å². The zero-order chi connectivity index (χ0) is 19.6. The number of guanidine groups is 1. The lowest BCUT2D eigenvalue weighted by Gasteiger charge is -2.37. The van der Waals surface area contributed by atoms with Crippen molar-refractivity contribution in [3.05, 3.63) is 47.7 Å². The SMILES string of the molecule is NC(N)=NC(=O)OCc1cccc(-c2cnc(N3CC(Br)C3)c(F)c2)c1F. The molecule has 1 fully saturated rings. The number of carbonyl (C=O) groups excluding carboxylic acids is 1. The summed E-state index contributed by atoms with van der Waals surface area (Å²) in [5, 5.41) is 0. The maximum absolute atomic E-state index is 14.7. The summed E-state index contributed by atoms with van der Waals surface area (Å²) in [4.78, 5) is 20.7. The van der Waals surface area contributed by atoms with Crippen molar-refractivity contribution in [3.63, 3.8) is 0 Å². The van der Waals surface area contributed by atoms with E-state index in [0.717, 1.165) is 0 Å². The second-order valence-electron chi connectivity index (χ2n) is 5.90. The van der Waals surface area contributed by atoms with Gasteiger partial charge in [-0.15, -0.1) is 4.99 Å². The molecule has 10 heteroatoms. The predicted octanol–water partition coefficient (Wildman–Crippen LogP) is 2.52. The van der Waals surface area contributed by atoms with Gasteiger partial charge in [0.05, 0.1) is 0 Å². The van der Waals surface area contributed by atoms with E-state index in [1.807, 2.05) is 0 Å². The Hall–Kier alpha value is -2.75. The van der Waals surface area contributed by atoms with Crippen LogP contribution in [0.15, 0.2) is 35.5 Å². The lowest BCUT2D eigenvalue weighted by Crippen LogP contribution is -2.48. The van der Waals surface area contributed by atoms with Crippen LogP contribution in [0.25, 0.3) is 11.1 Å². The maximum atomic E-state index is 14.7. The number of hydrogen-bond donors (Lipinski definition) is 2. The van der Waals surface area contributed by atoms with Crippen molar-refractivity contribution in [1.82, 2.24) is 4.98 Å². The number of nitrogens with zero attached hydrogens (tertiary/aromatic N) is 3. The number of ether oxygens (including phenoxy) is 1. The number of hydrogen-bond acceptors (Lipinski definition) is 4. The molecule has 1 aliphatic heterocycles. The van der Waals surface area contributed by atoms with E-state index in [4.69, 9.17) is 16.2 Å². The van der Waals surface area contributed by atoms with Gasteiger partial charge in [0.2, 0.25) is 0 Å². The standard InChI is InChI=1S/C17H16BrF2N5O2/c18-11-6-25(7-11)15-13(19)4-10(5-23-15)12-3-1-2-9(14(12)20)8-27-17(26)24-16(21)22/h1-5,11H,6-8H2,(H4,21,22,24,26). The highest BCUT2D eigenvalue weighted by Crippen LogP contribution is 2.30. The highest BCUT2D eigenvalue weighted by Gasteiger charge is 2.27. The van der Waals surface area contributed by atoms with Crippen molar-refractivity contribution in [2.24, 2.45) is 16.5 Å². The van der Waals surface area contributed by atoms with Crippen molar-refractivity contribution in [3.8, 4) is 11.1 Å². The average Bonchev–Trinajstić information content (AvgIpc) is 2.58. The van der Waals surface area contributed by atoms with Gasteiger partial charge in [-0.3, -0.25) is 0 Å². The first kappa shape index (κ1) is 19.0. The third-order valence-corrected chi connectivity index (χ3v) is 4.50. The molecule has 27 heavy (non-hydrogen) atoms. The zero-order valence-electron chi connectivity index (χ0n) is 14.0. The van der Waals surface area contributed by atoms with E-state index in [0.29, 0.717) is 17.9 Å². The first-order valence-corrected chi connectivity index (χ1v) is 8.85. The molecule has 1 aromatic carbocycles. The Morgan fingerprint density at radius 3 is 2.74 bits per heavy atom. The minimum atomic E-state index is -1.03. The molecule has 0 unspecified atom stereocenters. The number of carbonyl (C=O) groups is 1. The van der Waals surface area contributed by atoms with Crippen LogP contribution in [-0.4, -0.2) is 35.0 Å². The van der Waals surface area contributed by atoms with Gasteiger partial charge in [0.1, 0.15) is 12.4 Å². The number of halogens is 3. The molecule has 0 radical (unpaired) electrons. The van der Waals surface area contributed by atoms with E-state index in [1.54, 1.807) is 11.0 Å². The van der Waals surface area contributed by atoms with Gasteiger partial charge < -0.3 is 21.1 Å². The third kappa shape index (κ3) is 4.33. The van der Waals surface area contributed by atoms with E-state index in [9.17, 15) is 13.6 Å². The summed E-state index contributed by atoms with van der Waals surface area (Å²) < 4.78 is 33.9. The molecule has 1 saturated heterocycles. The summed E-state index contributed by atoms with van der Waals surface area (Å²) in [6, 6.07) is 5.73. The van der Waals surface area contributed by atoms with E-state index >= 15 is 0 Å². The number of nitrogens with two attached hydrogens (primary N) is 2. The Morgan fingerprint density at radius 2 is 2.11 bits per heavy atom. The summed E-state index contributed by atoms with van der Waals surface area (Å²) in [6.45, 7) is 0.951. The summed E-state index contributed by atoms with van der Waals surface area (Å²) in [7, 11) is 0. The number of rotatable bonds is 4. The van der Waals surface area contributed by atoms with Crippen molar-refractivity contribution < 1.29 is 18.3 Å². The number of pyridine rings is 1. The monoisotopic (exact) mass is 439 g/mol. The van der Waals surface area contributed by atoms with E-state index < -0.39 is 23.7 Å². The molecule has 0 saturated carbocycles. The van der Waals surface area contributed by atoms with Crippen LogP contribution in [0.4, 0.5) is 19.4 Å². The van der Waals surface area contributed by atoms with Crippen LogP contribution in [-0.2, 0) is 11.3 Å². The van der Waals surface area contributed by atoms with Crippen molar-refractivity contribution in [1.29, 1.82) is 0 Å². The van der Waals surface area contributed by atoms with Crippen LogP contribution in [0.2, 0.25) is 0 Å². The smallest absolute Gasteiger partial charge is 0.437 e. The third-order valence-electron chi connectivity index (χ3n) is 3.92. The Labute approximate surface area is 162 Å². The normalized spacial score (nSPS) is 13.8. The van der Waals surface area contributed by atoms with E-state index in [-0.39, 0.29) is 29.1 Å². The summed E-state index contributed by atoms with van der Waals surface area (Å²) in [5.41, 5.74) is 10.7. The molecule has 142 valence electrons. The Balaban J connectivity index is 1.80. The van der Waals surface area contributed by atoms with Crippen molar-refractivity contribution >= 4 is 33.8 Å². The molecule has 1 aromatic heterocycles. The maximum Gasteiger partial charge on any atom is 0.437 e. The summed E-state index contributed by atoms with van der Waals surface area (Å²) in [6.07, 6.45) is 0.379. The number of aliphatic imine (C=N–C) groups is 1. The quantitative estimate of drug-likeness (QED) is 0.430. The van der Waals surface area contributed by atoms with Crippen LogP contribution >= 0.6 is 15.9 Å². The molecule has 0 atom stereocenters. The highest BCUT2D eigenvalue weighted by molar-refractivity contribution is 9.09. The van der Waals surface area contributed by atoms with Gasteiger partial charge in [-0.25, -0.2) is 18.6 Å². The van der Waals surface area contributed by atoms with Gasteiger partial charge in [-0.1, -0.05) is 34.1 Å². The molecular weight excluding hydrogens is 424 g/mol. The predicted molar refractivity (Wildman–Crippen MR) is 101 cm³/mol. The molecule has 7 nitrogen and oxygen atoms in total. The van der Waals surface area contributed by atoms with E-state index in [1.165, 1.54) is 24.4 Å². The first-order chi connectivity index (χ1) is 12.8. The molecule has 0 bridgehead atoms. The van der Waals surface area contributed by atoms with Crippen molar-refractivity contribution in [2.75, 3.05) is 18.0 Å². The topological polar surface area (TPSA) is 107 Å². The Morgan fingerprint density at radius 1 is 1.37 bits per heavy atom. The van der Waals surface area contributed by atoms with Gasteiger partial charge >= 0.3 is 6.09 Å². The molecule has 2 aromatic rings. The number of amides is 1. The molecule has 3 rings (SSSR count). The lowest BCUT2D eigenvalue weighted by molar-refractivity contribution is 0.149. The van der Waals surface area contributed by atoms with Crippen LogP contribution in [0.1, 0.15) is 5.56 Å². The fourth-order valence-corrected chi connectivity index (χ4v) is 3.30. The Bertz CT molecular complexity index is 899. The largest absolute Gasteiger partial charge is 0.443 e. The molecule has 0 aliphatic carbocycles. The van der Waals surface area contributed by atoms with Crippen molar-refractivity contribution in [2.45, 2.75) is 11.4 Å². The number of aromatic nitrogens is 1. The molecule has 1 aliphatic rings. The first-order valence-electron chi connectivity index (χ1n) is 7.94. The number of anilines is 1. The van der Waals surface area contributed by atoms with Gasteiger partial charge in [0, 0.05) is 40.8 Å². The second-order valence-corrected chi connectivity index (χ2v) is 7.20. The number of benzene rings is 1. The molecule has 1 amide bonds. The molecular formula is C17H16BrF2N5O2. The number of alkyl halides is 1. The van der Waals surface area contributed by atoms with Crippen LogP contribution in [0.5, 0.6) is 0 Å². The molecule has 4 N–H and O–H groups in total. The molecule has 0 spiro atoms. The summed E-state index contributed by atoms with van der Waals surface area (Å²) in [5.74, 6) is -1.40. The van der Waals surface area contributed by atoms with E-state index in [2.05, 4.69) is 25.9 Å². The van der Waals surface area contributed by atoms with Gasteiger partial charge in [-0.2, -0.15) is 0 Å². The van der Waals surface area contributed by atoms with Gasteiger partial charge in [-0.05, 0) is 6.07 Å². The fraction of sp³-hybridized carbons (Fsp3) is 0.235. The zero-order valence-corrected chi connectivity index (χ0v) is 15.6. The Kier molecular flexibility index (Phi) is 5.54. The highest BCUT2D eigenvalue weighted by atomic mass is 79.9. The van der Waals surface area contributed by atoms with Crippen LogP contribution in [0, 0.1) is 11.6 Å². The van der Waals surface area contributed by atoms with Crippen LogP contribution < -0.4 is 16.4 Å². The van der Waals surface area contributed by atoms with Gasteiger partial charge in [0.15, 0.2) is 17.6 Å². The second kappa shape index (κ2) is 7.87. The fourth-order valence-electron chi connectivity index (χ4n) is 2.60. The minimum absolute atomic E-state index is 0.0981. The average molecular weight is 440 g/mol. The molecule has 2 heterocycles.